The van der Waals surface area contributed by atoms with Crippen LogP contribution in [0.15, 0.2) is 24.5 Å². The van der Waals surface area contributed by atoms with Crippen LogP contribution in [-0.2, 0) is 13.6 Å². The Morgan fingerprint density at radius 2 is 2.23 bits per heavy atom. The van der Waals surface area contributed by atoms with Gasteiger partial charge in [0.15, 0.2) is 0 Å². The summed E-state index contributed by atoms with van der Waals surface area (Å²) in [5.41, 5.74) is 0.907. The molecule has 2 heterocycles. The molecule has 1 N–H and O–H groups in total. The third kappa shape index (κ3) is 4.27. The number of nitrogens with zero attached hydrogens (tertiary/aromatic N) is 4. The van der Waals surface area contributed by atoms with Gasteiger partial charge in [0.2, 0.25) is 0 Å². The zero-order valence-corrected chi connectivity index (χ0v) is 16.0. The zero-order chi connectivity index (χ0) is 18.7. The van der Waals surface area contributed by atoms with Crippen molar-refractivity contribution in [3.8, 4) is 5.75 Å². The number of hydrogen-bond donors (Lipinski definition) is 1. The number of aryl methyl sites for hydroxylation is 1. The summed E-state index contributed by atoms with van der Waals surface area (Å²) < 4.78 is 7.44. The van der Waals surface area contributed by atoms with Crippen molar-refractivity contribution in [2.75, 3.05) is 13.2 Å². The summed E-state index contributed by atoms with van der Waals surface area (Å²) >= 11 is 6.09. The van der Waals surface area contributed by atoms with E-state index in [1.165, 1.54) is 6.33 Å². The second kappa shape index (κ2) is 7.95. The standard InChI is InChI=1S/C18H24ClN5O2/c1-12(2)8-15(17-20-11-21-23(17)3)22-18(25)24-6-7-26-16-5-4-14(19)9-13(16)10-24/h4-5,9,11-12,15H,6-8,10H2,1-3H3,(H,22,25)/t15-/m0/s1. The van der Waals surface area contributed by atoms with Gasteiger partial charge in [0, 0.05) is 17.6 Å². The van der Waals surface area contributed by atoms with E-state index >= 15 is 0 Å². The van der Waals surface area contributed by atoms with Crippen LogP contribution in [0.5, 0.6) is 5.75 Å². The highest BCUT2D eigenvalue weighted by Crippen LogP contribution is 2.27. The van der Waals surface area contributed by atoms with Crippen molar-refractivity contribution in [3.05, 3.63) is 40.9 Å². The summed E-state index contributed by atoms with van der Waals surface area (Å²) in [6.07, 6.45) is 2.29. The van der Waals surface area contributed by atoms with Crippen molar-refractivity contribution in [2.45, 2.75) is 32.9 Å². The van der Waals surface area contributed by atoms with Crippen LogP contribution in [0.1, 0.15) is 37.7 Å². The Morgan fingerprint density at radius 1 is 1.42 bits per heavy atom. The molecule has 2 amide bonds. The summed E-state index contributed by atoms with van der Waals surface area (Å²) in [7, 11) is 1.83. The molecule has 0 unspecified atom stereocenters. The highest BCUT2D eigenvalue weighted by Gasteiger charge is 2.25. The van der Waals surface area contributed by atoms with Gasteiger partial charge in [-0.25, -0.2) is 9.78 Å². The summed E-state index contributed by atoms with van der Waals surface area (Å²) in [6.45, 7) is 5.64. The molecule has 0 saturated heterocycles. The van der Waals surface area contributed by atoms with Gasteiger partial charge >= 0.3 is 6.03 Å². The molecule has 0 radical (unpaired) electrons. The first-order valence-electron chi connectivity index (χ1n) is 8.74. The van der Waals surface area contributed by atoms with Gasteiger partial charge in [-0.2, -0.15) is 5.10 Å². The van der Waals surface area contributed by atoms with Gasteiger partial charge in [-0.3, -0.25) is 4.68 Å². The van der Waals surface area contributed by atoms with Crippen LogP contribution < -0.4 is 10.1 Å². The number of halogens is 1. The van der Waals surface area contributed by atoms with E-state index in [1.807, 2.05) is 19.2 Å². The van der Waals surface area contributed by atoms with Gasteiger partial charge in [-0.05, 0) is 30.5 Å². The number of urea groups is 1. The lowest BCUT2D eigenvalue weighted by Crippen LogP contribution is -2.43. The molecule has 2 aromatic rings. The normalized spacial score (nSPS) is 15.2. The van der Waals surface area contributed by atoms with Crippen molar-refractivity contribution >= 4 is 17.6 Å². The molecule has 0 spiro atoms. The smallest absolute Gasteiger partial charge is 0.318 e. The van der Waals surface area contributed by atoms with Crippen LogP contribution in [0, 0.1) is 5.92 Å². The zero-order valence-electron chi connectivity index (χ0n) is 15.3. The molecular formula is C18H24ClN5O2. The van der Waals surface area contributed by atoms with Crippen LogP contribution in [0.2, 0.25) is 5.02 Å². The molecular weight excluding hydrogens is 354 g/mol. The third-order valence-electron chi connectivity index (χ3n) is 4.35. The van der Waals surface area contributed by atoms with Crippen LogP contribution in [0.4, 0.5) is 4.79 Å². The molecule has 1 aromatic carbocycles. The van der Waals surface area contributed by atoms with Crippen molar-refractivity contribution in [1.82, 2.24) is 25.0 Å². The van der Waals surface area contributed by atoms with Crippen molar-refractivity contribution in [1.29, 1.82) is 0 Å². The monoisotopic (exact) mass is 377 g/mol. The third-order valence-corrected chi connectivity index (χ3v) is 4.59. The fourth-order valence-electron chi connectivity index (χ4n) is 3.10. The van der Waals surface area contributed by atoms with E-state index in [-0.39, 0.29) is 12.1 Å². The Kier molecular flexibility index (Phi) is 5.66. The predicted octanol–water partition coefficient (Wildman–Crippen LogP) is 3.16. The molecule has 1 atom stereocenters. The van der Waals surface area contributed by atoms with E-state index < -0.39 is 0 Å². The SMILES string of the molecule is CC(C)C[C@H](NC(=O)N1CCOc2ccc(Cl)cc2C1)c1ncnn1C. The topological polar surface area (TPSA) is 72.3 Å². The fourth-order valence-corrected chi connectivity index (χ4v) is 3.29. The molecule has 0 fully saturated rings. The van der Waals surface area contributed by atoms with Gasteiger partial charge in [0.05, 0.1) is 19.1 Å². The Hall–Kier alpha value is -2.28. The average molecular weight is 378 g/mol. The van der Waals surface area contributed by atoms with Crippen LogP contribution >= 0.6 is 11.6 Å². The minimum absolute atomic E-state index is 0.143. The van der Waals surface area contributed by atoms with E-state index in [1.54, 1.807) is 15.6 Å². The number of aromatic nitrogens is 3. The molecule has 1 aromatic heterocycles. The first-order chi connectivity index (χ1) is 12.4. The van der Waals surface area contributed by atoms with Crippen LogP contribution in [0.25, 0.3) is 0 Å². The molecule has 1 aliphatic rings. The highest BCUT2D eigenvalue weighted by molar-refractivity contribution is 6.30. The maximum absolute atomic E-state index is 12.9. The maximum atomic E-state index is 12.9. The number of ether oxygens (including phenoxy) is 1. The first-order valence-corrected chi connectivity index (χ1v) is 9.12. The Bertz CT molecular complexity index is 777. The molecule has 0 saturated carbocycles. The summed E-state index contributed by atoms with van der Waals surface area (Å²) in [4.78, 5) is 19.0. The Morgan fingerprint density at radius 3 is 2.92 bits per heavy atom. The molecule has 140 valence electrons. The first kappa shape index (κ1) is 18.5. The molecule has 8 heteroatoms. The molecule has 0 bridgehead atoms. The van der Waals surface area contributed by atoms with Gasteiger partial charge in [-0.15, -0.1) is 0 Å². The Balaban J connectivity index is 1.76. The number of carbonyl (C=O) groups is 1. The number of rotatable bonds is 4. The number of amides is 2. The van der Waals surface area contributed by atoms with Crippen LogP contribution in [-0.4, -0.2) is 38.8 Å². The van der Waals surface area contributed by atoms with Gasteiger partial charge in [0.1, 0.15) is 24.5 Å². The highest BCUT2D eigenvalue weighted by atomic mass is 35.5. The molecule has 1 aliphatic heterocycles. The van der Waals surface area contributed by atoms with Crippen LogP contribution in [0.3, 0.4) is 0 Å². The summed E-state index contributed by atoms with van der Waals surface area (Å²) in [5.74, 6) is 1.93. The van der Waals surface area contributed by atoms with E-state index in [0.29, 0.717) is 30.6 Å². The number of carbonyl (C=O) groups excluding carboxylic acids is 1. The number of benzene rings is 1. The summed E-state index contributed by atoms with van der Waals surface area (Å²) in [6, 6.07) is 5.15. The Labute approximate surface area is 158 Å². The van der Waals surface area contributed by atoms with E-state index in [2.05, 4.69) is 29.2 Å². The van der Waals surface area contributed by atoms with E-state index in [0.717, 1.165) is 23.6 Å². The number of fused-ring (bicyclic) bond motifs is 1. The lowest BCUT2D eigenvalue weighted by Gasteiger charge is -2.25. The minimum Gasteiger partial charge on any atom is -0.491 e. The number of hydrogen-bond acceptors (Lipinski definition) is 4. The van der Waals surface area contributed by atoms with Gasteiger partial charge < -0.3 is 15.0 Å². The summed E-state index contributed by atoms with van der Waals surface area (Å²) in [5, 5.41) is 7.87. The average Bonchev–Trinajstić information content (AvgIpc) is 2.88. The molecule has 0 aliphatic carbocycles. The minimum atomic E-state index is -0.196. The van der Waals surface area contributed by atoms with Crippen molar-refractivity contribution in [3.63, 3.8) is 0 Å². The van der Waals surface area contributed by atoms with Crippen molar-refractivity contribution < 1.29 is 9.53 Å². The largest absolute Gasteiger partial charge is 0.491 e. The second-order valence-electron chi connectivity index (χ2n) is 6.90. The van der Waals surface area contributed by atoms with E-state index in [4.69, 9.17) is 16.3 Å². The quantitative estimate of drug-likeness (QED) is 0.888. The molecule has 26 heavy (non-hydrogen) atoms. The molecule has 7 nitrogen and oxygen atoms in total. The molecule has 3 rings (SSSR count). The number of nitrogens with one attached hydrogen (secondary N) is 1. The van der Waals surface area contributed by atoms with Gasteiger partial charge in [-0.1, -0.05) is 25.4 Å². The van der Waals surface area contributed by atoms with E-state index in [9.17, 15) is 4.79 Å². The van der Waals surface area contributed by atoms with Crippen molar-refractivity contribution in [2.24, 2.45) is 13.0 Å². The van der Waals surface area contributed by atoms with Gasteiger partial charge in [0.25, 0.3) is 0 Å². The lowest BCUT2D eigenvalue weighted by atomic mass is 10.0. The fraction of sp³-hybridized carbons (Fsp3) is 0.500. The predicted molar refractivity (Wildman–Crippen MR) is 99.1 cm³/mol. The second-order valence-corrected chi connectivity index (χ2v) is 7.33. The lowest BCUT2D eigenvalue weighted by molar-refractivity contribution is 0.181. The maximum Gasteiger partial charge on any atom is 0.318 e.